The number of aromatic nitrogens is 2. The summed E-state index contributed by atoms with van der Waals surface area (Å²) in [4.78, 5) is 41.8. The summed E-state index contributed by atoms with van der Waals surface area (Å²) in [6, 6.07) is 16.1. The van der Waals surface area contributed by atoms with Crippen LogP contribution in [-0.2, 0) is 36.9 Å². The molecule has 4 N–H and O–H groups in total. The molecule has 0 saturated carbocycles. The largest absolute Gasteiger partial charge is 0.460 e. The Morgan fingerprint density at radius 2 is 1.84 bits per heavy atom. The Morgan fingerprint density at radius 1 is 1.13 bits per heavy atom. The molecule has 0 radical (unpaired) electrons. The van der Waals surface area contributed by atoms with Crippen LogP contribution in [0.4, 0.5) is 5.82 Å². The molecular formula is C28H33N5O5. The lowest BCUT2D eigenvalue weighted by molar-refractivity contribution is -0.147. The second-order valence-electron chi connectivity index (χ2n) is 9.94. The number of ether oxygens (including phenoxy) is 2. The first-order valence-corrected chi connectivity index (χ1v) is 12.4. The smallest absolute Gasteiger partial charge is 0.302 e. The molecule has 200 valence electrons. The SMILES string of the molecule is CC(=O)O[C@@H]1Cc2ccccc2C1n1cnc(NC(=O)[C@@H](COCc2ccccc2)NC(=O)C(C)(C)N)c1. The highest BCUT2D eigenvalue weighted by atomic mass is 16.5. The van der Waals surface area contributed by atoms with Crippen molar-refractivity contribution in [1.29, 1.82) is 0 Å². The molecule has 38 heavy (non-hydrogen) atoms. The van der Waals surface area contributed by atoms with Gasteiger partial charge < -0.3 is 30.4 Å². The molecule has 1 unspecified atom stereocenters. The highest BCUT2D eigenvalue weighted by Gasteiger charge is 2.36. The molecule has 3 atom stereocenters. The van der Waals surface area contributed by atoms with Crippen LogP contribution in [0.15, 0.2) is 67.1 Å². The van der Waals surface area contributed by atoms with E-state index in [2.05, 4.69) is 15.6 Å². The first-order chi connectivity index (χ1) is 18.1. The number of amides is 2. The van der Waals surface area contributed by atoms with Gasteiger partial charge in [-0.3, -0.25) is 14.4 Å². The van der Waals surface area contributed by atoms with E-state index in [0.717, 1.165) is 16.7 Å². The minimum absolute atomic E-state index is 0.0617. The predicted molar refractivity (Wildman–Crippen MR) is 141 cm³/mol. The van der Waals surface area contributed by atoms with E-state index in [0.29, 0.717) is 6.42 Å². The molecule has 3 aromatic rings. The number of esters is 1. The van der Waals surface area contributed by atoms with Gasteiger partial charge in [-0.25, -0.2) is 4.98 Å². The lowest BCUT2D eigenvalue weighted by Gasteiger charge is -2.23. The fourth-order valence-electron chi connectivity index (χ4n) is 4.37. The van der Waals surface area contributed by atoms with Gasteiger partial charge in [0.25, 0.3) is 5.91 Å². The van der Waals surface area contributed by atoms with Crippen LogP contribution in [0.2, 0.25) is 0 Å². The zero-order chi connectivity index (χ0) is 27.3. The number of anilines is 1. The van der Waals surface area contributed by atoms with Crippen molar-refractivity contribution in [2.24, 2.45) is 5.73 Å². The molecule has 10 heteroatoms. The van der Waals surface area contributed by atoms with Crippen LogP contribution in [0.25, 0.3) is 0 Å². The Morgan fingerprint density at radius 3 is 2.55 bits per heavy atom. The molecule has 1 aliphatic rings. The molecule has 4 rings (SSSR count). The summed E-state index contributed by atoms with van der Waals surface area (Å²) in [5.41, 5.74) is 7.80. The minimum Gasteiger partial charge on any atom is -0.460 e. The Labute approximate surface area is 221 Å². The molecule has 1 heterocycles. The second-order valence-corrected chi connectivity index (χ2v) is 9.94. The predicted octanol–water partition coefficient (Wildman–Crippen LogP) is 2.34. The number of hydrogen-bond acceptors (Lipinski definition) is 7. The normalized spacial score (nSPS) is 17.4. The zero-order valence-electron chi connectivity index (χ0n) is 21.7. The Kier molecular flexibility index (Phi) is 8.23. The van der Waals surface area contributed by atoms with Crippen LogP contribution < -0.4 is 16.4 Å². The van der Waals surface area contributed by atoms with Crippen LogP contribution in [0, 0.1) is 0 Å². The number of carbonyl (C=O) groups excluding carboxylic acids is 3. The van der Waals surface area contributed by atoms with E-state index >= 15 is 0 Å². The molecule has 0 aliphatic heterocycles. The van der Waals surface area contributed by atoms with Crippen LogP contribution >= 0.6 is 0 Å². The lowest BCUT2D eigenvalue weighted by atomic mass is 10.1. The molecule has 2 aromatic carbocycles. The summed E-state index contributed by atoms with van der Waals surface area (Å²) in [6.07, 6.45) is 3.45. The van der Waals surface area contributed by atoms with Crippen molar-refractivity contribution in [3.05, 3.63) is 83.8 Å². The van der Waals surface area contributed by atoms with Gasteiger partial charge in [-0.05, 0) is 30.5 Å². The van der Waals surface area contributed by atoms with Crippen LogP contribution in [-0.4, -0.2) is 51.6 Å². The van der Waals surface area contributed by atoms with Gasteiger partial charge in [-0.2, -0.15) is 0 Å². The summed E-state index contributed by atoms with van der Waals surface area (Å²) < 4.78 is 13.2. The highest BCUT2D eigenvalue weighted by molar-refractivity contribution is 5.98. The molecule has 0 bridgehead atoms. The summed E-state index contributed by atoms with van der Waals surface area (Å²) in [7, 11) is 0. The number of nitrogens with zero attached hydrogens (tertiary/aromatic N) is 2. The van der Waals surface area contributed by atoms with Crippen molar-refractivity contribution in [3.8, 4) is 0 Å². The Bertz CT molecular complexity index is 1280. The van der Waals surface area contributed by atoms with E-state index in [4.69, 9.17) is 15.2 Å². The van der Waals surface area contributed by atoms with Gasteiger partial charge in [0.1, 0.15) is 12.1 Å². The van der Waals surface area contributed by atoms with Gasteiger partial charge >= 0.3 is 5.97 Å². The standard InChI is InChI=1S/C28H33N5O5/c1-18(34)38-23-13-20-11-7-8-12-21(20)25(23)33-14-24(30-17-33)32-26(35)22(31-27(36)28(2,3)29)16-37-15-19-9-5-4-6-10-19/h4-12,14,17,22-23,25H,13,15-16,29H2,1-3H3,(H,31,36)(H,32,35)/t22-,23-,25?/m1/s1. The molecular weight excluding hydrogens is 486 g/mol. The maximum atomic E-state index is 13.2. The Balaban J connectivity index is 1.48. The number of hydrogen-bond donors (Lipinski definition) is 3. The monoisotopic (exact) mass is 519 g/mol. The summed E-state index contributed by atoms with van der Waals surface area (Å²) in [5.74, 6) is -1.06. The van der Waals surface area contributed by atoms with E-state index in [1.54, 1.807) is 26.4 Å². The third-order valence-electron chi connectivity index (χ3n) is 6.24. The van der Waals surface area contributed by atoms with E-state index in [1.807, 2.05) is 59.2 Å². The van der Waals surface area contributed by atoms with E-state index in [9.17, 15) is 14.4 Å². The van der Waals surface area contributed by atoms with Crippen molar-refractivity contribution in [3.63, 3.8) is 0 Å². The second kappa shape index (κ2) is 11.6. The number of carbonyl (C=O) groups is 3. The molecule has 10 nitrogen and oxygen atoms in total. The highest BCUT2D eigenvalue weighted by Crippen LogP contribution is 2.36. The van der Waals surface area contributed by atoms with Gasteiger partial charge in [0.15, 0.2) is 5.82 Å². The summed E-state index contributed by atoms with van der Waals surface area (Å²) in [5, 5.41) is 5.43. The number of rotatable bonds is 10. The quantitative estimate of drug-likeness (QED) is 0.350. The van der Waals surface area contributed by atoms with Crippen molar-refractivity contribution < 1.29 is 23.9 Å². The number of benzene rings is 2. The van der Waals surface area contributed by atoms with E-state index < -0.39 is 29.5 Å². The third-order valence-corrected chi connectivity index (χ3v) is 6.24. The Hall–Kier alpha value is -4.02. The molecule has 1 aliphatic carbocycles. The lowest BCUT2D eigenvalue weighted by Crippen LogP contribution is -2.56. The van der Waals surface area contributed by atoms with Crippen LogP contribution in [0.5, 0.6) is 0 Å². The van der Waals surface area contributed by atoms with Gasteiger partial charge in [-0.15, -0.1) is 0 Å². The fraction of sp³-hybridized carbons (Fsp3) is 0.357. The topological polar surface area (TPSA) is 138 Å². The maximum absolute atomic E-state index is 13.2. The van der Waals surface area contributed by atoms with Gasteiger partial charge in [-0.1, -0.05) is 54.6 Å². The maximum Gasteiger partial charge on any atom is 0.302 e. The zero-order valence-corrected chi connectivity index (χ0v) is 21.7. The van der Waals surface area contributed by atoms with Gasteiger partial charge in [0, 0.05) is 19.5 Å². The summed E-state index contributed by atoms with van der Waals surface area (Å²) in [6.45, 7) is 4.72. The van der Waals surface area contributed by atoms with Crippen molar-refractivity contribution in [1.82, 2.24) is 14.9 Å². The van der Waals surface area contributed by atoms with Crippen LogP contribution in [0.3, 0.4) is 0 Å². The van der Waals surface area contributed by atoms with E-state index in [1.165, 1.54) is 6.92 Å². The van der Waals surface area contributed by atoms with Crippen molar-refractivity contribution >= 4 is 23.6 Å². The van der Waals surface area contributed by atoms with Crippen LogP contribution in [0.1, 0.15) is 43.5 Å². The van der Waals surface area contributed by atoms with E-state index in [-0.39, 0.29) is 31.0 Å². The summed E-state index contributed by atoms with van der Waals surface area (Å²) >= 11 is 0. The number of nitrogens with two attached hydrogens (primary N) is 1. The first kappa shape index (κ1) is 27.0. The van der Waals surface area contributed by atoms with Crippen molar-refractivity contribution in [2.45, 2.75) is 57.5 Å². The molecule has 0 spiro atoms. The minimum atomic E-state index is -1.18. The number of nitrogens with one attached hydrogen (secondary N) is 2. The average Bonchev–Trinajstić information content (AvgIpc) is 3.46. The first-order valence-electron chi connectivity index (χ1n) is 12.4. The molecule has 0 fully saturated rings. The fourth-order valence-corrected chi connectivity index (χ4v) is 4.37. The number of imidazole rings is 1. The van der Waals surface area contributed by atoms with Gasteiger partial charge in [0.05, 0.1) is 31.1 Å². The number of fused-ring (bicyclic) bond motifs is 1. The molecule has 0 saturated heterocycles. The molecule has 1 aromatic heterocycles. The third kappa shape index (κ3) is 6.64. The van der Waals surface area contributed by atoms with Gasteiger partial charge in [0.2, 0.25) is 5.91 Å². The van der Waals surface area contributed by atoms with Crippen molar-refractivity contribution in [2.75, 3.05) is 11.9 Å². The average molecular weight is 520 g/mol. The molecule has 2 amide bonds.